The number of rotatable bonds is 7. The molecule has 0 aromatic heterocycles. The number of ether oxygens (including phenoxy) is 1. The van der Waals surface area contributed by atoms with E-state index in [1.54, 1.807) is 0 Å². The van der Waals surface area contributed by atoms with Crippen LogP contribution in [0.5, 0.6) is 5.75 Å². The predicted octanol–water partition coefficient (Wildman–Crippen LogP) is 4.20. The Balaban J connectivity index is 1.79. The fourth-order valence-electron chi connectivity index (χ4n) is 2.48. The molecule has 0 radical (unpaired) electrons. The molecule has 1 atom stereocenters. The maximum atomic E-state index is 5.92. The standard InChI is InChI=1S/C19H25NO/c1-15-8-10-17(11-9-15)18(14-20)6-4-12-21-19-7-3-5-16(2)13-19/h3,5,7-11,13,18H,4,6,12,14,20H2,1-2H3. The van der Waals surface area contributed by atoms with Crippen molar-refractivity contribution in [2.75, 3.05) is 13.2 Å². The van der Waals surface area contributed by atoms with E-state index in [1.165, 1.54) is 16.7 Å². The van der Waals surface area contributed by atoms with Gasteiger partial charge in [0.15, 0.2) is 0 Å². The highest BCUT2D eigenvalue weighted by Gasteiger charge is 2.09. The second-order valence-electron chi connectivity index (χ2n) is 5.65. The van der Waals surface area contributed by atoms with Crippen molar-refractivity contribution in [1.29, 1.82) is 0 Å². The summed E-state index contributed by atoms with van der Waals surface area (Å²) in [5, 5.41) is 0. The second kappa shape index (κ2) is 7.84. The SMILES string of the molecule is Cc1ccc(C(CN)CCCOc2cccc(C)c2)cc1. The zero-order valence-electron chi connectivity index (χ0n) is 13.0. The highest BCUT2D eigenvalue weighted by atomic mass is 16.5. The van der Waals surface area contributed by atoms with Gasteiger partial charge in [0.1, 0.15) is 5.75 Å². The summed E-state index contributed by atoms with van der Waals surface area (Å²) in [7, 11) is 0. The summed E-state index contributed by atoms with van der Waals surface area (Å²) >= 11 is 0. The van der Waals surface area contributed by atoms with Crippen LogP contribution in [0.3, 0.4) is 0 Å². The molecular formula is C19H25NO. The molecule has 0 saturated carbocycles. The van der Waals surface area contributed by atoms with Crippen molar-refractivity contribution in [2.45, 2.75) is 32.6 Å². The molecule has 2 rings (SSSR count). The normalized spacial score (nSPS) is 12.1. The van der Waals surface area contributed by atoms with Gasteiger partial charge in [-0.3, -0.25) is 0 Å². The fourth-order valence-corrected chi connectivity index (χ4v) is 2.48. The molecule has 0 heterocycles. The van der Waals surface area contributed by atoms with Crippen LogP contribution in [0.1, 0.15) is 35.4 Å². The molecule has 2 aromatic rings. The van der Waals surface area contributed by atoms with E-state index in [0.29, 0.717) is 12.5 Å². The molecule has 0 aliphatic heterocycles. The summed E-state index contributed by atoms with van der Waals surface area (Å²) in [5.74, 6) is 1.38. The zero-order chi connectivity index (χ0) is 15.1. The quantitative estimate of drug-likeness (QED) is 0.773. The molecule has 21 heavy (non-hydrogen) atoms. The topological polar surface area (TPSA) is 35.2 Å². The lowest BCUT2D eigenvalue weighted by Gasteiger charge is -2.15. The number of hydrogen-bond donors (Lipinski definition) is 1. The molecule has 2 nitrogen and oxygen atoms in total. The van der Waals surface area contributed by atoms with Crippen LogP contribution in [-0.4, -0.2) is 13.2 Å². The van der Waals surface area contributed by atoms with Crippen LogP contribution in [0.15, 0.2) is 48.5 Å². The van der Waals surface area contributed by atoms with Crippen LogP contribution < -0.4 is 10.5 Å². The Morgan fingerprint density at radius 2 is 1.76 bits per heavy atom. The van der Waals surface area contributed by atoms with E-state index in [-0.39, 0.29) is 0 Å². The second-order valence-corrected chi connectivity index (χ2v) is 5.65. The van der Waals surface area contributed by atoms with Crippen molar-refractivity contribution in [3.63, 3.8) is 0 Å². The molecule has 0 fully saturated rings. The minimum absolute atomic E-state index is 0.423. The van der Waals surface area contributed by atoms with Crippen molar-refractivity contribution in [3.8, 4) is 5.75 Å². The van der Waals surface area contributed by atoms with Gasteiger partial charge in [0, 0.05) is 0 Å². The Kier molecular flexibility index (Phi) is 5.82. The van der Waals surface area contributed by atoms with Gasteiger partial charge in [-0.2, -0.15) is 0 Å². The maximum Gasteiger partial charge on any atom is 0.119 e. The van der Waals surface area contributed by atoms with Crippen molar-refractivity contribution >= 4 is 0 Å². The average molecular weight is 283 g/mol. The largest absolute Gasteiger partial charge is 0.494 e. The third-order valence-electron chi connectivity index (χ3n) is 3.79. The van der Waals surface area contributed by atoms with E-state index in [2.05, 4.69) is 50.2 Å². The Hall–Kier alpha value is -1.80. The zero-order valence-corrected chi connectivity index (χ0v) is 13.0. The molecule has 0 saturated heterocycles. The Labute approximate surface area is 127 Å². The lowest BCUT2D eigenvalue weighted by atomic mass is 9.94. The van der Waals surface area contributed by atoms with E-state index in [1.807, 2.05) is 12.1 Å². The number of benzene rings is 2. The maximum absolute atomic E-state index is 5.92. The number of aryl methyl sites for hydroxylation is 2. The van der Waals surface area contributed by atoms with Crippen LogP contribution in [0.2, 0.25) is 0 Å². The summed E-state index contributed by atoms with van der Waals surface area (Å²) in [6, 6.07) is 16.9. The fraction of sp³-hybridized carbons (Fsp3) is 0.368. The van der Waals surface area contributed by atoms with Crippen LogP contribution >= 0.6 is 0 Å². The molecule has 2 heteroatoms. The molecule has 0 bridgehead atoms. The molecule has 1 unspecified atom stereocenters. The first kappa shape index (κ1) is 15.6. The molecular weight excluding hydrogens is 258 g/mol. The van der Waals surface area contributed by atoms with Gasteiger partial charge < -0.3 is 10.5 Å². The van der Waals surface area contributed by atoms with Crippen molar-refractivity contribution in [1.82, 2.24) is 0 Å². The van der Waals surface area contributed by atoms with Gasteiger partial charge in [-0.05, 0) is 62.4 Å². The number of hydrogen-bond acceptors (Lipinski definition) is 2. The summed E-state index contributed by atoms with van der Waals surface area (Å²) in [6.45, 7) is 5.62. The molecule has 0 aliphatic carbocycles. The Bertz CT molecular complexity index is 548. The average Bonchev–Trinajstić information content (AvgIpc) is 2.49. The molecule has 2 N–H and O–H groups in total. The van der Waals surface area contributed by atoms with Crippen molar-refractivity contribution in [3.05, 3.63) is 65.2 Å². The smallest absolute Gasteiger partial charge is 0.119 e. The van der Waals surface area contributed by atoms with Crippen LogP contribution in [0, 0.1) is 13.8 Å². The van der Waals surface area contributed by atoms with Gasteiger partial charge in [-0.1, -0.05) is 42.0 Å². The van der Waals surface area contributed by atoms with E-state index in [4.69, 9.17) is 10.5 Å². The summed E-state index contributed by atoms with van der Waals surface area (Å²) in [4.78, 5) is 0. The van der Waals surface area contributed by atoms with Crippen molar-refractivity contribution in [2.24, 2.45) is 5.73 Å². The molecule has 2 aromatic carbocycles. The summed E-state index contributed by atoms with van der Waals surface area (Å²) < 4.78 is 5.80. The van der Waals surface area contributed by atoms with Crippen LogP contribution in [0.4, 0.5) is 0 Å². The van der Waals surface area contributed by atoms with E-state index in [0.717, 1.165) is 25.2 Å². The molecule has 0 aliphatic rings. The lowest BCUT2D eigenvalue weighted by molar-refractivity contribution is 0.301. The first-order chi connectivity index (χ1) is 10.2. The van der Waals surface area contributed by atoms with Gasteiger partial charge in [0.25, 0.3) is 0 Å². The third-order valence-corrected chi connectivity index (χ3v) is 3.79. The molecule has 0 amide bonds. The number of nitrogens with two attached hydrogens (primary N) is 1. The minimum Gasteiger partial charge on any atom is -0.494 e. The van der Waals surface area contributed by atoms with Gasteiger partial charge in [-0.15, -0.1) is 0 Å². The third kappa shape index (κ3) is 4.91. The highest BCUT2D eigenvalue weighted by Crippen LogP contribution is 2.21. The van der Waals surface area contributed by atoms with Crippen molar-refractivity contribution < 1.29 is 4.74 Å². The monoisotopic (exact) mass is 283 g/mol. The summed E-state index contributed by atoms with van der Waals surface area (Å²) in [5.41, 5.74) is 9.77. The first-order valence-electron chi connectivity index (χ1n) is 7.65. The van der Waals surface area contributed by atoms with Gasteiger partial charge >= 0.3 is 0 Å². The van der Waals surface area contributed by atoms with E-state index >= 15 is 0 Å². The first-order valence-corrected chi connectivity index (χ1v) is 7.65. The Morgan fingerprint density at radius 3 is 2.43 bits per heavy atom. The van der Waals surface area contributed by atoms with Crippen LogP contribution in [-0.2, 0) is 0 Å². The van der Waals surface area contributed by atoms with Gasteiger partial charge in [0.05, 0.1) is 6.61 Å². The van der Waals surface area contributed by atoms with Gasteiger partial charge in [-0.25, -0.2) is 0 Å². The summed E-state index contributed by atoms with van der Waals surface area (Å²) in [6.07, 6.45) is 2.08. The molecule has 112 valence electrons. The highest BCUT2D eigenvalue weighted by molar-refractivity contribution is 5.27. The minimum atomic E-state index is 0.423. The van der Waals surface area contributed by atoms with E-state index in [9.17, 15) is 0 Å². The van der Waals surface area contributed by atoms with E-state index < -0.39 is 0 Å². The van der Waals surface area contributed by atoms with Gasteiger partial charge in [0.2, 0.25) is 0 Å². The predicted molar refractivity (Wildman–Crippen MR) is 88.9 cm³/mol. The van der Waals surface area contributed by atoms with Crippen LogP contribution in [0.25, 0.3) is 0 Å². The lowest BCUT2D eigenvalue weighted by Crippen LogP contribution is -2.13. The Morgan fingerprint density at radius 1 is 1.00 bits per heavy atom. The molecule has 0 spiro atoms.